The van der Waals surface area contributed by atoms with E-state index in [9.17, 15) is 10.5 Å². The molecule has 0 N–H and O–H groups in total. The summed E-state index contributed by atoms with van der Waals surface area (Å²) in [4.78, 5) is 0. The van der Waals surface area contributed by atoms with Crippen LogP contribution in [-0.4, -0.2) is 26.4 Å². The van der Waals surface area contributed by atoms with Gasteiger partial charge in [0.2, 0.25) is 0 Å². The van der Waals surface area contributed by atoms with Gasteiger partial charge in [0.1, 0.15) is 12.1 Å². The van der Waals surface area contributed by atoms with Gasteiger partial charge in [-0.1, -0.05) is 220 Å². The first-order valence-corrected chi connectivity index (χ1v) is 27.4. The maximum Gasteiger partial charge on any atom is 0.161 e. The molecule has 0 fully saturated rings. The third-order valence-electron chi connectivity index (χ3n) is 12.9. The Morgan fingerprint density at radius 2 is 0.545 bits per heavy atom. The van der Waals surface area contributed by atoms with Gasteiger partial charge < -0.3 is 18.9 Å². The average molecular weight is 905 g/mol. The number of unbranched alkanes of at least 4 members (excludes halogenated alkanes) is 28. The SMILES string of the molecule is CCCCCCCCCCOc1ccc(-c2cc(C#N)c(C#N)cc2-c2ccc(OCCCCCCCCCC)c(OCCCCCCCCCC)c2)cc1OCCCCCCCCCC. The Kier molecular flexibility index (Phi) is 32.2. The third kappa shape index (κ3) is 23.5. The molecule has 0 heterocycles. The molecule has 3 rings (SSSR count). The first-order chi connectivity index (χ1) is 32.6. The van der Waals surface area contributed by atoms with Gasteiger partial charge in [-0.3, -0.25) is 0 Å². The maximum atomic E-state index is 10.2. The van der Waals surface area contributed by atoms with Gasteiger partial charge in [0.15, 0.2) is 23.0 Å². The molecule has 6 heteroatoms. The van der Waals surface area contributed by atoms with Crippen LogP contribution in [0.3, 0.4) is 0 Å². The molecule has 0 aliphatic rings. The first kappa shape index (κ1) is 56.2. The van der Waals surface area contributed by atoms with Gasteiger partial charge in [-0.15, -0.1) is 0 Å². The Bertz CT molecular complexity index is 1640. The molecule has 0 bridgehead atoms. The molecule has 0 saturated heterocycles. The van der Waals surface area contributed by atoms with Crippen molar-refractivity contribution in [3.05, 3.63) is 59.7 Å². The van der Waals surface area contributed by atoms with E-state index < -0.39 is 0 Å². The number of nitrogens with zero attached hydrogens (tertiary/aromatic N) is 2. The van der Waals surface area contributed by atoms with Crippen molar-refractivity contribution in [1.29, 1.82) is 10.5 Å². The topological polar surface area (TPSA) is 84.5 Å². The van der Waals surface area contributed by atoms with E-state index >= 15 is 0 Å². The molecule has 0 aliphatic heterocycles. The lowest BCUT2D eigenvalue weighted by Crippen LogP contribution is -2.04. The molecule has 66 heavy (non-hydrogen) atoms. The van der Waals surface area contributed by atoms with Crippen molar-refractivity contribution < 1.29 is 18.9 Å². The Balaban J connectivity index is 1.88. The minimum atomic E-state index is 0.351. The van der Waals surface area contributed by atoms with Gasteiger partial charge in [0.25, 0.3) is 0 Å². The predicted molar refractivity (Wildman–Crippen MR) is 279 cm³/mol. The van der Waals surface area contributed by atoms with Crippen LogP contribution in [-0.2, 0) is 0 Å². The Morgan fingerprint density at radius 1 is 0.303 bits per heavy atom. The Labute approximate surface area is 404 Å². The zero-order valence-corrected chi connectivity index (χ0v) is 42.6. The van der Waals surface area contributed by atoms with Crippen LogP contribution < -0.4 is 18.9 Å². The minimum absolute atomic E-state index is 0.351. The van der Waals surface area contributed by atoms with Crippen molar-refractivity contribution in [3.8, 4) is 57.4 Å². The highest BCUT2D eigenvalue weighted by atomic mass is 16.5. The summed E-state index contributed by atoms with van der Waals surface area (Å²) in [5.41, 5.74) is 4.24. The van der Waals surface area contributed by atoms with E-state index in [-0.39, 0.29) is 0 Å². The van der Waals surface area contributed by atoms with Crippen molar-refractivity contribution in [2.24, 2.45) is 0 Å². The predicted octanol–water partition coefficient (Wildman–Crippen LogP) is 18.8. The number of rotatable bonds is 42. The number of hydrogen-bond donors (Lipinski definition) is 0. The summed E-state index contributed by atoms with van der Waals surface area (Å²) in [6, 6.07) is 20.6. The van der Waals surface area contributed by atoms with Crippen molar-refractivity contribution in [1.82, 2.24) is 0 Å². The molecule has 6 nitrogen and oxygen atoms in total. The fourth-order valence-corrected chi connectivity index (χ4v) is 8.75. The third-order valence-corrected chi connectivity index (χ3v) is 12.9. The van der Waals surface area contributed by atoms with Gasteiger partial charge >= 0.3 is 0 Å². The molecule has 0 aromatic heterocycles. The monoisotopic (exact) mass is 905 g/mol. The molecule has 366 valence electrons. The van der Waals surface area contributed by atoms with E-state index in [0.717, 1.165) is 96.6 Å². The molecule has 0 saturated carbocycles. The maximum absolute atomic E-state index is 10.2. The lowest BCUT2D eigenvalue weighted by atomic mass is 9.90. The Hall–Kier alpha value is -4.16. The average Bonchev–Trinajstić information content (AvgIpc) is 3.34. The second kappa shape index (κ2) is 37.9. The highest BCUT2D eigenvalue weighted by Crippen LogP contribution is 2.41. The first-order valence-electron chi connectivity index (χ1n) is 27.4. The second-order valence-electron chi connectivity index (χ2n) is 18.8. The van der Waals surface area contributed by atoms with Crippen LogP contribution in [0.15, 0.2) is 48.5 Å². The second-order valence-corrected chi connectivity index (χ2v) is 18.8. The van der Waals surface area contributed by atoms with E-state index in [1.165, 1.54) is 154 Å². The van der Waals surface area contributed by atoms with E-state index in [1.54, 1.807) is 0 Å². The summed E-state index contributed by atoms with van der Waals surface area (Å²) in [5.74, 6) is 2.96. The molecule has 0 amide bonds. The minimum Gasteiger partial charge on any atom is -0.490 e. The van der Waals surface area contributed by atoms with Crippen LogP contribution in [0, 0.1) is 22.7 Å². The summed E-state index contributed by atoms with van der Waals surface area (Å²) >= 11 is 0. The van der Waals surface area contributed by atoms with Gasteiger partial charge in [-0.05, 0) is 84.3 Å². The van der Waals surface area contributed by atoms with Gasteiger partial charge in [-0.2, -0.15) is 10.5 Å². The summed E-state index contributed by atoms with van der Waals surface area (Å²) in [6.45, 7) is 11.6. The van der Waals surface area contributed by atoms with Crippen LogP contribution in [0.2, 0.25) is 0 Å². The standard InChI is InChI=1S/C60H92N2O4/c1-5-9-13-17-21-25-29-33-41-63-57-39-37-51(47-59(57)65-43-35-31-27-23-19-15-11-7-3)55-45-53(49-61)54(50-62)46-56(55)52-38-40-58(64-42-34-30-26-22-18-14-10-6-2)60(48-52)66-44-36-32-28-24-20-16-12-8-4/h37-40,45-48H,5-36,41-44H2,1-4H3. The molecular formula is C60H92N2O4. The Morgan fingerprint density at radius 3 is 0.803 bits per heavy atom. The fourth-order valence-electron chi connectivity index (χ4n) is 8.75. The number of nitriles is 2. The van der Waals surface area contributed by atoms with E-state index in [1.807, 2.05) is 24.3 Å². The van der Waals surface area contributed by atoms with E-state index in [0.29, 0.717) is 37.6 Å². The molecule has 3 aromatic rings. The summed E-state index contributed by atoms with van der Waals surface area (Å²) < 4.78 is 26.0. The molecule has 3 aromatic carbocycles. The fraction of sp³-hybridized carbons (Fsp3) is 0.667. The number of ether oxygens (including phenoxy) is 4. The smallest absolute Gasteiger partial charge is 0.161 e. The highest BCUT2D eigenvalue weighted by molar-refractivity contribution is 5.87. The molecule has 0 spiro atoms. The molecule has 0 unspecified atom stereocenters. The lowest BCUT2D eigenvalue weighted by Gasteiger charge is -2.18. The zero-order valence-electron chi connectivity index (χ0n) is 42.6. The van der Waals surface area contributed by atoms with Crippen LogP contribution in [0.1, 0.15) is 244 Å². The van der Waals surface area contributed by atoms with Crippen LogP contribution >= 0.6 is 0 Å². The quantitative estimate of drug-likeness (QED) is 0.0527. The van der Waals surface area contributed by atoms with Crippen molar-refractivity contribution in [2.75, 3.05) is 26.4 Å². The van der Waals surface area contributed by atoms with Crippen LogP contribution in [0.25, 0.3) is 22.3 Å². The van der Waals surface area contributed by atoms with Gasteiger partial charge in [0, 0.05) is 0 Å². The normalized spacial score (nSPS) is 11.1. The van der Waals surface area contributed by atoms with Crippen LogP contribution in [0.4, 0.5) is 0 Å². The number of hydrogen-bond acceptors (Lipinski definition) is 6. The largest absolute Gasteiger partial charge is 0.490 e. The molecule has 0 aliphatic carbocycles. The molecular weight excluding hydrogens is 813 g/mol. The van der Waals surface area contributed by atoms with E-state index in [4.69, 9.17) is 18.9 Å². The number of benzene rings is 3. The van der Waals surface area contributed by atoms with Gasteiger partial charge in [0.05, 0.1) is 37.6 Å². The lowest BCUT2D eigenvalue weighted by molar-refractivity contribution is 0.258. The molecule has 0 radical (unpaired) electrons. The van der Waals surface area contributed by atoms with Crippen LogP contribution in [0.5, 0.6) is 23.0 Å². The van der Waals surface area contributed by atoms with Crippen molar-refractivity contribution in [3.63, 3.8) is 0 Å². The zero-order chi connectivity index (χ0) is 47.1. The highest BCUT2D eigenvalue weighted by Gasteiger charge is 2.18. The molecule has 0 atom stereocenters. The summed E-state index contributed by atoms with van der Waals surface area (Å²) in [7, 11) is 0. The van der Waals surface area contributed by atoms with Crippen molar-refractivity contribution in [2.45, 2.75) is 233 Å². The summed E-state index contributed by atoms with van der Waals surface area (Å²) in [5, 5.41) is 20.5. The van der Waals surface area contributed by atoms with E-state index in [2.05, 4.69) is 64.1 Å². The van der Waals surface area contributed by atoms with Gasteiger partial charge in [-0.25, -0.2) is 0 Å². The summed E-state index contributed by atoms with van der Waals surface area (Å²) in [6.07, 6.45) is 39.7. The van der Waals surface area contributed by atoms with Crippen molar-refractivity contribution >= 4 is 0 Å².